The fourth-order valence-electron chi connectivity index (χ4n) is 3.20. The molecule has 3 rings (SSSR count). The van der Waals surface area contributed by atoms with Gasteiger partial charge in [-0.2, -0.15) is 11.8 Å². The topological polar surface area (TPSA) is 59.3 Å². The van der Waals surface area contributed by atoms with Gasteiger partial charge in [0.15, 0.2) is 5.11 Å². The average Bonchev–Trinajstić information content (AvgIpc) is 3.16. The third kappa shape index (κ3) is 3.44. The minimum Gasteiger partial charge on any atom is -0.361 e. The Balaban J connectivity index is 2.12. The summed E-state index contributed by atoms with van der Waals surface area (Å²) in [6, 6.07) is 0. The lowest BCUT2D eigenvalue weighted by atomic mass is 10.2. The SMILES string of the molecule is CCSCCn1c(=O)n(CC)c(=O)c2c(C)c(CN3CCNC3=S)sc21. The molecule has 142 valence electrons. The minimum atomic E-state index is -0.201. The normalized spacial score (nSPS) is 14.4. The smallest absolute Gasteiger partial charge is 0.332 e. The number of nitrogens with one attached hydrogen (secondary N) is 1. The molecular formula is C17H24N4O2S3. The van der Waals surface area contributed by atoms with Crippen molar-refractivity contribution in [2.45, 2.75) is 40.4 Å². The van der Waals surface area contributed by atoms with Gasteiger partial charge in [-0.3, -0.25) is 13.9 Å². The molecule has 0 saturated carbocycles. The molecule has 0 unspecified atom stereocenters. The molecule has 0 radical (unpaired) electrons. The molecule has 0 bridgehead atoms. The van der Waals surface area contributed by atoms with Crippen molar-refractivity contribution in [2.75, 3.05) is 24.6 Å². The van der Waals surface area contributed by atoms with Gasteiger partial charge in [-0.15, -0.1) is 11.3 Å². The zero-order valence-corrected chi connectivity index (χ0v) is 17.8. The van der Waals surface area contributed by atoms with Crippen LogP contribution in [0, 0.1) is 6.92 Å². The fraction of sp³-hybridized carbons (Fsp3) is 0.588. The van der Waals surface area contributed by atoms with Crippen LogP contribution in [0.4, 0.5) is 0 Å². The molecule has 2 aromatic rings. The third-order valence-corrected chi connectivity index (χ3v) is 7.23. The molecular weight excluding hydrogens is 388 g/mol. The number of hydrogen-bond donors (Lipinski definition) is 1. The quantitative estimate of drug-likeness (QED) is 0.554. The van der Waals surface area contributed by atoms with Gasteiger partial charge >= 0.3 is 5.69 Å². The average molecular weight is 413 g/mol. The van der Waals surface area contributed by atoms with E-state index in [1.165, 1.54) is 4.57 Å². The van der Waals surface area contributed by atoms with Gasteiger partial charge in [0.2, 0.25) is 0 Å². The van der Waals surface area contributed by atoms with Gasteiger partial charge in [0.25, 0.3) is 5.56 Å². The van der Waals surface area contributed by atoms with Crippen molar-refractivity contribution in [3.05, 3.63) is 31.3 Å². The van der Waals surface area contributed by atoms with Crippen molar-refractivity contribution >= 4 is 50.6 Å². The number of thiophene rings is 1. The summed E-state index contributed by atoms with van der Waals surface area (Å²) in [4.78, 5) is 29.7. The van der Waals surface area contributed by atoms with Crippen LogP contribution in [-0.4, -0.2) is 43.7 Å². The van der Waals surface area contributed by atoms with E-state index in [1.807, 2.05) is 13.8 Å². The Morgan fingerprint density at radius 2 is 2.04 bits per heavy atom. The molecule has 1 saturated heterocycles. The number of hydrogen-bond acceptors (Lipinski definition) is 5. The summed E-state index contributed by atoms with van der Waals surface area (Å²) in [6.45, 7) is 9.35. The molecule has 9 heteroatoms. The Morgan fingerprint density at radius 1 is 1.27 bits per heavy atom. The molecule has 1 aliphatic heterocycles. The van der Waals surface area contributed by atoms with Crippen LogP contribution < -0.4 is 16.6 Å². The molecule has 0 aromatic carbocycles. The summed E-state index contributed by atoms with van der Waals surface area (Å²) in [6.07, 6.45) is 0. The van der Waals surface area contributed by atoms with Crippen LogP contribution in [0.25, 0.3) is 10.2 Å². The first-order valence-electron chi connectivity index (χ1n) is 8.85. The van der Waals surface area contributed by atoms with Crippen LogP contribution >= 0.6 is 35.3 Å². The Labute approximate surface area is 166 Å². The number of thiocarbonyl (C=S) groups is 1. The van der Waals surface area contributed by atoms with Gasteiger partial charge in [0.05, 0.1) is 11.9 Å². The van der Waals surface area contributed by atoms with Crippen molar-refractivity contribution in [1.82, 2.24) is 19.4 Å². The van der Waals surface area contributed by atoms with E-state index in [4.69, 9.17) is 12.2 Å². The summed E-state index contributed by atoms with van der Waals surface area (Å²) in [5.74, 6) is 1.87. The van der Waals surface area contributed by atoms with Crippen LogP contribution in [0.2, 0.25) is 0 Å². The Morgan fingerprint density at radius 3 is 2.65 bits per heavy atom. The molecule has 1 fully saturated rings. The van der Waals surface area contributed by atoms with E-state index in [0.717, 1.165) is 45.0 Å². The van der Waals surface area contributed by atoms with Gasteiger partial charge in [-0.1, -0.05) is 6.92 Å². The number of aryl methyl sites for hydroxylation is 2. The second kappa shape index (κ2) is 8.14. The molecule has 1 N–H and O–H groups in total. The lowest BCUT2D eigenvalue weighted by Gasteiger charge is -2.15. The Hall–Kier alpha value is -1.32. The zero-order valence-electron chi connectivity index (χ0n) is 15.3. The number of nitrogens with zero attached hydrogens (tertiary/aromatic N) is 3. The maximum absolute atomic E-state index is 12.9. The lowest BCUT2D eigenvalue weighted by molar-refractivity contribution is 0.467. The highest BCUT2D eigenvalue weighted by atomic mass is 32.2. The van der Waals surface area contributed by atoms with Gasteiger partial charge in [0, 0.05) is 36.8 Å². The summed E-state index contributed by atoms with van der Waals surface area (Å²) in [7, 11) is 0. The van der Waals surface area contributed by atoms with Crippen LogP contribution in [0.1, 0.15) is 24.3 Å². The molecule has 1 aliphatic rings. The molecule has 3 heterocycles. The van der Waals surface area contributed by atoms with Crippen molar-refractivity contribution in [3.8, 4) is 0 Å². The molecule has 0 aliphatic carbocycles. The molecule has 2 aromatic heterocycles. The van der Waals surface area contributed by atoms with E-state index in [1.54, 1.807) is 27.7 Å². The summed E-state index contributed by atoms with van der Waals surface area (Å²) >= 11 is 8.70. The van der Waals surface area contributed by atoms with E-state index in [0.29, 0.717) is 25.0 Å². The highest BCUT2D eigenvalue weighted by Crippen LogP contribution is 2.29. The lowest BCUT2D eigenvalue weighted by Crippen LogP contribution is -2.39. The van der Waals surface area contributed by atoms with Crippen LogP contribution in [0.5, 0.6) is 0 Å². The first kappa shape index (κ1) is 19.4. The standard InChI is InChI=1S/C17H24N4O2S3/c1-4-20-14(22)13-11(3)12(10-19-7-6-18-16(19)24)26-15(13)21(17(20)23)8-9-25-5-2/h4-10H2,1-3H3,(H,18,24). The van der Waals surface area contributed by atoms with Crippen molar-refractivity contribution in [3.63, 3.8) is 0 Å². The predicted octanol–water partition coefficient (Wildman–Crippen LogP) is 2.00. The molecule has 0 atom stereocenters. The van der Waals surface area contributed by atoms with E-state index in [-0.39, 0.29) is 11.2 Å². The summed E-state index contributed by atoms with van der Waals surface area (Å²) in [5.41, 5.74) is 0.602. The molecule has 0 amide bonds. The van der Waals surface area contributed by atoms with E-state index >= 15 is 0 Å². The second-order valence-corrected chi connectivity index (χ2v) is 9.03. The highest BCUT2D eigenvalue weighted by Gasteiger charge is 2.22. The number of aromatic nitrogens is 2. The third-order valence-electron chi connectivity index (χ3n) is 4.65. The monoisotopic (exact) mass is 412 g/mol. The maximum atomic E-state index is 12.9. The second-order valence-electron chi connectivity index (χ2n) is 6.16. The minimum absolute atomic E-state index is 0.172. The van der Waals surface area contributed by atoms with Gasteiger partial charge in [-0.05, 0) is 37.4 Å². The first-order valence-corrected chi connectivity index (χ1v) is 11.2. The van der Waals surface area contributed by atoms with Crippen molar-refractivity contribution in [1.29, 1.82) is 0 Å². The van der Waals surface area contributed by atoms with Gasteiger partial charge in [0.1, 0.15) is 4.83 Å². The van der Waals surface area contributed by atoms with Crippen LogP contribution in [0.15, 0.2) is 9.59 Å². The van der Waals surface area contributed by atoms with E-state index in [2.05, 4.69) is 17.1 Å². The highest BCUT2D eigenvalue weighted by molar-refractivity contribution is 7.99. The van der Waals surface area contributed by atoms with Crippen molar-refractivity contribution in [2.24, 2.45) is 0 Å². The van der Waals surface area contributed by atoms with Crippen molar-refractivity contribution < 1.29 is 0 Å². The fourth-order valence-corrected chi connectivity index (χ4v) is 5.39. The summed E-state index contributed by atoms with van der Waals surface area (Å²) in [5, 5.41) is 4.61. The predicted molar refractivity (Wildman–Crippen MR) is 115 cm³/mol. The Bertz CT molecular complexity index is 944. The maximum Gasteiger partial charge on any atom is 0.332 e. The molecule has 26 heavy (non-hydrogen) atoms. The van der Waals surface area contributed by atoms with E-state index < -0.39 is 0 Å². The Kier molecular flexibility index (Phi) is 6.09. The number of thioether (sulfide) groups is 1. The van der Waals surface area contributed by atoms with E-state index in [9.17, 15) is 9.59 Å². The molecule has 0 spiro atoms. The summed E-state index contributed by atoms with van der Waals surface area (Å²) < 4.78 is 3.13. The largest absolute Gasteiger partial charge is 0.361 e. The molecule has 6 nitrogen and oxygen atoms in total. The van der Waals surface area contributed by atoms with Gasteiger partial charge in [-0.25, -0.2) is 4.79 Å². The number of rotatable bonds is 7. The zero-order chi connectivity index (χ0) is 18.8. The van der Waals surface area contributed by atoms with Gasteiger partial charge < -0.3 is 10.2 Å². The van der Waals surface area contributed by atoms with Crippen LogP contribution in [-0.2, 0) is 19.6 Å². The first-order chi connectivity index (χ1) is 12.5. The van der Waals surface area contributed by atoms with Crippen LogP contribution in [0.3, 0.4) is 0 Å². The number of fused-ring (bicyclic) bond motifs is 1.